The summed E-state index contributed by atoms with van der Waals surface area (Å²) in [6.45, 7) is 5.96. The average molecular weight is 370 g/mol. The number of benzene rings is 1. The van der Waals surface area contributed by atoms with Crippen LogP contribution in [-0.4, -0.2) is 11.9 Å². The number of allylic oxidation sites excluding steroid dienone is 3. The van der Waals surface area contributed by atoms with Crippen LogP contribution >= 0.6 is 23.2 Å². The molecule has 3 unspecified atom stereocenters. The molecule has 1 amide bonds. The van der Waals surface area contributed by atoms with Crippen LogP contribution in [0.3, 0.4) is 0 Å². The van der Waals surface area contributed by atoms with Gasteiger partial charge >= 0.3 is 0 Å². The molecule has 1 fully saturated rings. The SMILES string of the molecule is CC(C)C(C)NC(=O)C=CC(F)=CC1CC1c1ccc(Cl)c(Cl)c1. The van der Waals surface area contributed by atoms with Gasteiger partial charge in [0, 0.05) is 12.1 Å². The Hall–Kier alpha value is -1.32. The second kappa shape index (κ2) is 8.17. The van der Waals surface area contributed by atoms with Crippen molar-refractivity contribution in [2.75, 3.05) is 0 Å². The molecule has 1 aromatic rings. The molecule has 0 aliphatic heterocycles. The van der Waals surface area contributed by atoms with E-state index in [1.807, 2.05) is 32.9 Å². The summed E-state index contributed by atoms with van der Waals surface area (Å²) in [6, 6.07) is 5.56. The first-order valence-corrected chi connectivity index (χ1v) is 8.84. The van der Waals surface area contributed by atoms with Gasteiger partial charge in [0.25, 0.3) is 0 Å². The van der Waals surface area contributed by atoms with Crippen molar-refractivity contribution >= 4 is 29.1 Å². The molecule has 2 rings (SSSR count). The van der Waals surface area contributed by atoms with Crippen molar-refractivity contribution in [1.82, 2.24) is 5.32 Å². The van der Waals surface area contributed by atoms with Gasteiger partial charge in [0.2, 0.25) is 5.91 Å². The second-order valence-electron chi connectivity index (χ2n) is 6.61. The third kappa shape index (κ3) is 5.35. The molecule has 0 saturated heterocycles. The Morgan fingerprint density at radius 3 is 2.58 bits per heavy atom. The Balaban J connectivity index is 1.89. The molecular formula is C19H22Cl2FNO. The number of halogens is 3. The summed E-state index contributed by atoms with van der Waals surface area (Å²) in [5.41, 5.74) is 1.06. The number of hydrogen-bond acceptors (Lipinski definition) is 1. The van der Waals surface area contributed by atoms with Crippen molar-refractivity contribution < 1.29 is 9.18 Å². The quantitative estimate of drug-likeness (QED) is 0.508. The van der Waals surface area contributed by atoms with Crippen LogP contribution in [0, 0.1) is 11.8 Å². The van der Waals surface area contributed by atoms with Crippen molar-refractivity contribution in [3.8, 4) is 0 Å². The van der Waals surface area contributed by atoms with E-state index in [1.165, 1.54) is 12.2 Å². The van der Waals surface area contributed by atoms with Crippen LogP contribution in [0.2, 0.25) is 10.0 Å². The summed E-state index contributed by atoms with van der Waals surface area (Å²) >= 11 is 11.9. The van der Waals surface area contributed by atoms with E-state index in [9.17, 15) is 9.18 Å². The van der Waals surface area contributed by atoms with Crippen molar-refractivity contribution in [1.29, 1.82) is 0 Å². The zero-order valence-electron chi connectivity index (χ0n) is 14.0. The maximum Gasteiger partial charge on any atom is 0.244 e. The van der Waals surface area contributed by atoms with E-state index in [2.05, 4.69) is 5.32 Å². The Morgan fingerprint density at radius 2 is 1.96 bits per heavy atom. The van der Waals surface area contributed by atoms with Gasteiger partial charge in [-0.05, 0) is 60.9 Å². The van der Waals surface area contributed by atoms with Gasteiger partial charge in [-0.1, -0.05) is 43.1 Å². The number of amides is 1. The van der Waals surface area contributed by atoms with Gasteiger partial charge in [-0.25, -0.2) is 4.39 Å². The monoisotopic (exact) mass is 369 g/mol. The van der Waals surface area contributed by atoms with Gasteiger partial charge in [0.05, 0.1) is 10.0 Å². The molecule has 1 aliphatic carbocycles. The van der Waals surface area contributed by atoms with Crippen molar-refractivity contribution in [2.24, 2.45) is 11.8 Å². The van der Waals surface area contributed by atoms with E-state index < -0.39 is 5.83 Å². The van der Waals surface area contributed by atoms with E-state index in [0.717, 1.165) is 12.0 Å². The van der Waals surface area contributed by atoms with E-state index >= 15 is 0 Å². The van der Waals surface area contributed by atoms with Gasteiger partial charge in [0.1, 0.15) is 5.83 Å². The molecule has 0 heterocycles. The fourth-order valence-corrected chi connectivity index (χ4v) is 2.69. The van der Waals surface area contributed by atoms with Gasteiger partial charge in [-0.2, -0.15) is 0 Å². The maximum atomic E-state index is 13.9. The molecule has 5 heteroatoms. The number of hydrogen-bond donors (Lipinski definition) is 1. The molecule has 0 spiro atoms. The fourth-order valence-electron chi connectivity index (χ4n) is 2.38. The van der Waals surface area contributed by atoms with Crippen molar-refractivity contribution in [2.45, 2.75) is 39.2 Å². The molecule has 2 nitrogen and oxygen atoms in total. The zero-order valence-corrected chi connectivity index (χ0v) is 15.5. The van der Waals surface area contributed by atoms with Crippen LogP contribution in [0.1, 0.15) is 38.7 Å². The van der Waals surface area contributed by atoms with Gasteiger partial charge in [0.15, 0.2) is 0 Å². The van der Waals surface area contributed by atoms with Crippen molar-refractivity contribution in [3.05, 3.63) is 57.9 Å². The number of carbonyl (C=O) groups excluding carboxylic acids is 1. The second-order valence-corrected chi connectivity index (χ2v) is 7.42. The van der Waals surface area contributed by atoms with Crippen LogP contribution in [0.5, 0.6) is 0 Å². The van der Waals surface area contributed by atoms with Gasteiger partial charge in [-0.3, -0.25) is 4.79 Å². The van der Waals surface area contributed by atoms with Crippen LogP contribution < -0.4 is 5.32 Å². The number of rotatable bonds is 6. The van der Waals surface area contributed by atoms with E-state index in [1.54, 1.807) is 12.1 Å². The average Bonchev–Trinajstić information content (AvgIpc) is 3.27. The lowest BCUT2D eigenvalue weighted by Crippen LogP contribution is -2.34. The summed E-state index contributed by atoms with van der Waals surface area (Å²) in [5, 5.41) is 3.83. The van der Waals surface area contributed by atoms with Crippen LogP contribution in [0.25, 0.3) is 0 Å². The summed E-state index contributed by atoms with van der Waals surface area (Å²) in [6.07, 6.45) is 4.88. The molecule has 3 atom stereocenters. The molecule has 24 heavy (non-hydrogen) atoms. The highest BCUT2D eigenvalue weighted by Crippen LogP contribution is 2.49. The highest BCUT2D eigenvalue weighted by molar-refractivity contribution is 6.42. The number of carbonyl (C=O) groups is 1. The first-order valence-electron chi connectivity index (χ1n) is 8.08. The summed E-state index contributed by atoms with van der Waals surface area (Å²) in [7, 11) is 0. The molecular weight excluding hydrogens is 348 g/mol. The Labute approximate surface area is 152 Å². The normalized spacial score (nSPS) is 22.0. The van der Waals surface area contributed by atoms with Crippen LogP contribution in [0.4, 0.5) is 4.39 Å². The minimum absolute atomic E-state index is 0.0525. The lowest BCUT2D eigenvalue weighted by molar-refractivity contribution is -0.117. The zero-order chi connectivity index (χ0) is 17.9. The molecule has 130 valence electrons. The van der Waals surface area contributed by atoms with E-state index in [4.69, 9.17) is 23.2 Å². The first-order chi connectivity index (χ1) is 11.3. The predicted molar refractivity (Wildman–Crippen MR) is 98.1 cm³/mol. The standard InChI is InChI=1S/C19H22Cl2FNO/c1-11(2)12(3)23-19(24)7-5-15(22)8-14-9-16(14)13-4-6-17(20)18(21)10-13/h4-8,10-12,14,16H,9H2,1-3H3,(H,23,24). The van der Waals surface area contributed by atoms with Crippen LogP contribution in [-0.2, 0) is 4.79 Å². The largest absolute Gasteiger partial charge is 0.350 e. The lowest BCUT2D eigenvalue weighted by Gasteiger charge is -2.15. The summed E-state index contributed by atoms with van der Waals surface area (Å²) in [4.78, 5) is 11.7. The fraction of sp³-hybridized carbons (Fsp3) is 0.421. The molecule has 0 bridgehead atoms. The minimum atomic E-state index is -0.394. The summed E-state index contributed by atoms with van der Waals surface area (Å²) < 4.78 is 13.9. The Morgan fingerprint density at radius 1 is 1.25 bits per heavy atom. The van der Waals surface area contributed by atoms with Gasteiger partial charge in [-0.15, -0.1) is 0 Å². The topological polar surface area (TPSA) is 29.1 Å². The highest BCUT2D eigenvalue weighted by atomic mass is 35.5. The number of nitrogens with one attached hydrogen (secondary N) is 1. The van der Waals surface area contributed by atoms with E-state index in [-0.39, 0.29) is 23.8 Å². The maximum absolute atomic E-state index is 13.9. The van der Waals surface area contributed by atoms with Crippen molar-refractivity contribution in [3.63, 3.8) is 0 Å². The highest BCUT2D eigenvalue weighted by Gasteiger charge is 2.37. The Bertz CT molecular complexity index is 669. The van der Waals surface area contributed by atoms with E-state index in [0.29, 0.717) is 16.0 Å². The summed E-state index contributed by atoms with van der Waals surface area (Å²) in [5.74, 6) is 0.0471. The Kier molecular flexibility index (Phi) is 6.47. The lowest BCUT2D eigenvalue weighted by atomic mass is 10.1. The third-order valence-corrected chi connectivity index (χ3v) is 5.09. The smallest absolute Gasteiger partial charge is 0.244 e. The molecule has 1 aromatic carbocycles. The van der Waals surface area contributed by atoms with Crippen LogP contribution in [0.15, 0.2) is 42.3 Å². The molecule has 1 saturated carbocycles. The molecule has 0 radical (unpaired) electrons. The van der Waals surface area contributed by atoms with Gasteiger partial charge < -0.3 is 5.32 Å². The first kappa shape index (κ1) is 19.0. The minimum Gasteiger partial charge on any atom is -0.350 e. The molecule has 0 aromatic heterocycles. The third-order valence-electron chi connectivity index (χ3n) is 4.35. The molecule has 1 N–H and O–H groups in total. The predicted octanol–water partition coefficient (Wildman–Crippen LogP) is 5.67. The molecule has 1 aliphatic rings.